The summed E-state index contributed by atoms with van der Waals surface area (Å²) in [7, 11) is 0. The molecule has 6 nitrogen and oxygen atoms in total. The quantitative estimate of drug-likeness (QED) is 0.347. The summed E-state index contributed by atoms with van der Waals surface area (Å²) in [5, 5.41) is 11.5. The van der Waals surface area contributed by atoms with Crippen LogP contribution in [0.1, 0.15) is 15.9 Å². The molecular weight excluding hydrogens is 322 g/mol. The number of nitrogens with zero attached hydrogens (tertiary/aromatic N) is 1. The first-order valence-electron chi connectivity index (χ1n) is 6.78. The van der Waals surface area contributed by atoms with Gasteiger partial charge in [-0.15, -0.1) is 0 Å². The van der Waals surface area contributed by atoms with Crippen LogP contribution in [0.25, 0.3) is 0 Å². The molecule has 0 amide bonds. The molecule has 0 N–H and O–H groups in total. The molecule has 0 heterocycles. The average molecular weight is 336 g/mol. The van der Waals surface area contributed by atoms with Crippen LogP contribution in [0.5, 0.6) is 5.75 Å². The zero-order valence-electron chi connectivity index (χ0n) is 12.3. The first-order chi connectivity index (χ1) is 11.0. The molecular formula is C16H14ClNO5. The number of benzene rings is 2. The zero-order chi connectivity index (χ0) is 16.8. The van der Waals surface area contributed by atoms with Gasteiger partial charge in [0.25, 0.3) is 5.69 Å². The topological polar surface area (TPSA) is 78.7 Å². The van der Waals surface area contributed by atoms with Gasteiger partial charge < -0.3 is 9.47 Å². The largest absolute Gasteiger partial charge is 0.490 e. The molecule has 0 fully saturated rings. The number of hydrogen-bond acceptors (Lipinski definition) is 5. The van der Waals surface area contributed by atoms with Gasteiger partial charge in [0.1, 0.15) is 24.5 Å². The maximum absolute atomic E-state index is 12.1. The summed E-state index contributed by atoms with van der Waals surface area (Å²) >= 11 is 5.82. The minimum Gasteiger partial charge on any atom is -0.490 e. The zero-order valence-corrected chi connectivity index (χ0v) is 13.1. The van der Waals surface area contributed by atoms with Crippen LogP contribution in [0.2, 0.25) is 5.02 Å². The highest BCUT2D eigenvalue weighted by Crippen LogP contribution is 2.22. The maximum atomic E-state index is 12.1. The van der Waals surface area contributed by atoms with Crippen molar-refractivity contribution in [3.63, 3.8) is 0 Å². The van der Waals surface area contributed by atoms with Crippen LogP contribution in [0.4, 0.5) is 5.69 Å². The van der Waals surface area contributed by atoms with Crippen LogP contribution in [0.15, 0.2) is 42.5 Å². The summed E-state index contributed by atoms with van der Waals surface area (Å²) in [6.07, 6.45) is 0. The number of esters is 1. The standard InChI is InChI=1S/C16H14ClNO5/c1-11-4-2-7-14(18(20)21)15(11)16(19)23-9-8-22-13-6-3-5-12(17)10-13/h2-7,10H,8-9H2,1H3. The van der Waals surface area contributed by atoms with E-state index in [-0.39, 0.29) is 24.5 Å². The van der Waals surface area contributed by atoms with Gasteiger partial charge >= 0.3 is 5.97 Å². The monoisotopic (exact) mass is 335 g/mol. The predicted octanol–water partition coefficient (Wildman–Crippen LogP) is 3.79. The van der Waals surface area contributed by atoms with E-state index in [1.165, 1.54) is 12.1 Å². The number of aryl methyl sites for hydroxylation is 1. The summed E-state index contributed by atoms with van der Waals surface area (Å²) in [6.45, 7) is 1.70. The van der Waals surface area contributed by atoms with E-state index in [4.69, 9.17) is 21.1 Å². The lowest BCUT2D eigenvalue weighted by molar-refractivity contribution is -0.385. The van der Waals surface area contributed by atoms with Gasteiger partial charge in [0.15, 0.2) is 0 Å². The van der Waals surface area contributed by atoms with Gasteiger partial charge in [-0.05, 0) is 30.7 Å². The second kappa shape index (κ2) is 7.60. The summed E-state index contributed by atoms with van der Waals surface area (Å²) in [4.78, 5) is 22.4. The number of hydrogen-bond donors (Lipinski definition) is 0. The molecule has 0 saturated carbocycles. The summed E-state index contributed by atoms with van der Waals surface area (Å²) in [6, 6.07) is 11.2. The first kappa shape index (κ1) is 16.8. The van der Waals surface area contributed by atoms with E-state index in [2.05, 4.69) is 0 Å². The molecule has 0 aliphatic rings. The fraction of sp³-hybridized carbons (Fsp3) is 0.188. The van der Waals surface area contributed by atoms with Gasteiger partial charge in [0, 0.05) is 11.1 Å². The normalized spacial score (nSPS) is 10.2. The van der Waals surface area contributed by atoms with Gasteiger partial charge in [0.05, 0.1) is 4.92 Å². The van der Waals surface area contributed by atoms with E-state index < -0.39 is 10.9 Å². The minimum atomic E-state index is -0.746. The Labute approximate surface area is 137 Å². The number of nitro groups is 1. The Morgan fingerprint density at radius 3 is 2.65 bits per heavy atom. The lowest BCUT2D eigenvalue weighted by atomic mass is 10.1. The maximum Gasteiger partial charge on any atom is 0.345 e. The molecule has 0 aromatic heterocycles. The molecule has 2 aromatic carbocycles. The van der Waals surface area contributed by atoms with Gasteiger partial charge in [-0.25, -0.2) is 4.79 Å². The smallest absolute Gasteiger partial charge is 0.345 e. The van der Waals surface area contributed by atoms with Crippen molar-refractivity contribution in [1.82, 2.24) is 0 Å². The van der Waals surface area contributed by atoms with E-state index in [0.717, 1.165) is 0 Å². The summed E-state index contributed by atoms with van der Waals surface area (Å²) < 4.78 is 10.4. The Balaban J connectivity index is 1.94. The lowest BCUT2D eigenvalue weighted by Gasteiger charge is -2.09. The van der Waals surface area contributed by atoms with Gasteiger partial charge in [0.2, 0.25) is 0 Å². The van der Waals surface area contributed by atoms with Gasteiger partial charge in [-0.3, -0.25) is 10.1 Å². The molecule has 0 saturated heterocycles. The second-order valence-corrected chi connectivity index (χ2v) is 5.10. The third kappa shape index (κ3) is 4.43. The van der Waals surface area contributed by atoms with Crippen molar-refractivity contribution in [3.8, 4) is 5.75 Å². The fourth-order valence-electron chi connectivity index (χ4n) is 1.99. The van der Waals surface area contributed by atoms with Crippen LogP contribution in [0, 0.1) is 17.0 Å². The molecule has 120 valence electrons. The molecule has 0 spiro atoms. The third-order valence-electron chi connectivity index (χ3n) is 3.03. The second-order valence-electron chi connectivity index (χ2n) is 4.67. The molecule has 7 heteroatoms. The number of nitro benzene ring substituents is 1. The van der Waals surface area contributed by atoms with Crippen molar-refractivity contribution < 1.29 is 19.2 Å². The Morgan fingerprint density at radius 2 is 1.96 bits per heavy atom. The van der Waals surface area contributed by atoms with E-state index in [0.29, 0.717) is 16.3 Å². The predicted molar refractivity (Wildman–Crippen MR) is 85.1 cm³/mol. The van der Waals surface area contributed by atoms with Crippen LogP contribution >= 0.6 is 11.6 Å². The Kier molecular flexibility index (Phi) is 5.54. The number of ether oxygens (including phenoxy) is 2. The fourth-order valence-corrected chi connectivity index (χ4v) is 2.17. The van der Waals surface area contributed by atoms with Crippen LogP contribution in [-0.4, -0.2) is 24.1 Å². The lowest BCUT2D eigenvalue weighted by Crippen LogP contribution is -2.14. The highest BCUT2D eigenvalue weighted by Gasteiger charge is 2.23. The van der Waals surface area contributed by atoms with E-state index in [9.17, 15) is 14.9 Å². The highest BCUT2D eigenvalue weighted by molar-refractivity contribution is 6.30. The molecule has 0 radical (unpaired) electrons. The first-order valence-corrected chi connectivity index (χ1v) is 7.16. The van der Waals surface area contributed by atoms with E-state index >= 15 is 0 Å². The third-order valence-corrected chi connectivity index (χ3v) is 3.27. The van der Waals surface area contributed by atoms with E-state index in [1.54, 1.807) is 37.3 Å². The van der Waals surface area contributed by atoms with Crippen molar-refractivity contribution in [2.75, 3.05) is 13.2 Å². The van der Waals surface area contributed by atoms with Crippen molar-refractivity contribution in [2.24, 2.45) is 0 Å². The van der Waals surface area contributed by atoms with Crippen molar-refractivity contribution in [1.29, 1.82) is 0 Å². The van der Waals surface area contributed by atoms with Crippen LogP contribution < -0.4 is 4.74 Å². The molecule has 23 heavy (non-hydrogen) atoms. The summed E-state index contributed by atoms with van der Waals surface area (Å²) in [5.74, 6) is -0.195. The molecule has 0 bridgehead atoms. The van der Waals surface area contributed by atoms with E-state index in [1.807, 2.05) is 0 Å². The Bertz CT molecular complexity index is 732. The number of rotatable bonds is 6. The molecule has 0 aliphatic heterocycles. The van der Waals surface area contributed by atoms with Crippen molar-refractivity contribution in [2.45, 2.75) is 6.92 Å². The number of halogens is 1. The van der Waals surface area contributed by atoms with Crippen LogP contribution in [0.3, 0.4) is 0 Å². The number of carbonyl (C=O) groups excluding carboxylic acids is 1. The molecule has 2 rings (SSSR count). The Hall–Kier alpha value is -2.60. The van der Waals surface area contributed by atoms with Crippen molar-refractivity contribution in [3.05, 3.63) is 68.7 Å². The van der Waals surface area contributed by atoms with Crippen molar-refractivity contribution >= 4 is 23.3 Å². The SMILES string of the molecule is Cc1cccc([N+](=O)[O-])c1C(=O)OCCOc1cccc(Cl)c1. The molecule has 0 aliphatic carbocycles. The van der Waals surface area contributed by atoms with Gasteiger partial charge in [-0.2, -0.15) is 0 Å². The molecule has 0 unspecified atom stereocenters. The molecule has 2 aromatic rings. The van der Waals surface area contributed by atoms with Crippen LogP contribution in [-0.2, 0) is 4.74 Å². The Morgan fingerprint density at radius 1 is 1.22 bits per heavy atom. The highest BCUT2D eigenvalue weighted by atomic mass is 35.5. The summed E-state index contributed by atoms with van der Waals surface area (Å²) in [5.41, 5.74) is 0.172. The number of carbonyl (C=O) groups is 1. The molecule has 0 atom stereocenters. The minimum absolute atomic E-state index is 0.0309. The average Bonchev–Trinajstić information content (AvgIpc) is 2.51. The van der Waals surface area contributed by atoms with Gasteiger partial charge in [-0.1, -0.05) is 29.8 Å².